The van der Waals surface area contributed by atoms with E-state index < -0.39 is 22.5 Å². The zero-order chi connectivity index (χ0) is 30.1. The smallest absolute Gasteiger partial charge is 0.264 e. The first-order chi connectivity index (χ1) is 20.2. The fourth-order valence-corrected chi connectivity index (χ4v) is 5.43. The predicted molar refractivity (Wildman–Crippen MR) is 162 cm³/mol. The second-order valence-corrected chi connectivity index (χ2v) is 10.9. The van der Waals surface area contributed by atoms with Gasteiger partial charge in [0.25, 0.3) is 21.8 Å². The van der Waals surface area contributed by atoms with E-state index in [9.17, 15) is 18.0 Å². The Bertz CT molecular complexity index is 1680. The van der Waals surface area contributed by atoms with Crippen LogP contribution in [0.25, 0.3) is 0 Å². The fraction of sp³-hybridized carbons (Fsp3) is 0.129. The number of sulfonamides is 1. The Kier molecular flexibility index (Phi) is 9.56. The van der Waals surface area contributed by atoms with Crippen molar-refractivity contribution in [2.75, 3.05) is 30.4 Å². The van der Waals surface area contributed by atoms with Crippen LogP contribution in [0.3, 0.4) is 0 Å². The molecule has 4 rings (SSSR count). The molecule has 2 amide bonds. The lowest BCUT2D eigenvalue weighted by atomic mass is 10.1. The third-order valence-corrected chi connectivity index (χ3v) is 7.99. The lowest BCUT2D eigenvalue weighted by Gasteiger charge is -2.25. The standard InChI is InChI=1S/C31H30N4O6S/c1-22(23-14-16-25(17-15-23)32-31(37)24-10-6-4-7-11-24)33-34-30(36)21-35(42(38,39)27-12-8-5-9-13-27)28-19-18-26(40-2)20-29(28)41-3/h4-20H,21H2,1-3H3,(H,32,37)(H,34,36)/b33-22-. The molecule has 2 N–H and O–H groups in total. The van der Waals surface area contributed by atoms with Crippen molar-refractivity contribution in [3.63, 3.8) is 0 Å². The van der Waals surface area contributed by atoms with Crippen molar-refractivity contribution in [3.05, 3.63) is 114 Å². The normalized spacial score (nSPS) is 11.4. The van der Waals surface area contributed by atoms with Crippen LogP contribution in [0.15, 0.2) is 113 Å². The molecule has 0 unspecified atom stereocenters. The van der Waals surface area contributed by atoms with Crippen LogP contribution < -0.4 is 24.5 Å². The van der Waals surface area contributed by atoms with E-state index in [4.69, 9.17) is 9.47 Å². The third kappa shape index (κ3) is 7.12. The summed E-state index contributed by atoms with van der Waals surface area (Å²) < 4.78 is 38.9. The molecule has 0 saturated carbocycles. The number of methoxy groups -OCH3 is 2. The molecule has 0 aliphatic rings. The Morgan fingerprint density at radius 3 is 2.07 bits per heavy atom. The minimum Gasteiger partial charge on any atom is -0.497 e. The largest absolute Gasteiger partial charge is 0.497 e. The molecule has 0 radical (unpaired) electrons. The summed E-state index contributed by atoms with van der Waals surface area (Å²) in [4.78, 5) is 25.4. The minimum atomic E-state index is -4.16. The van der Waals surface area contributed by atoms with Gasteiger partial charge < -0.3 is 14.8 Å². The highest BCUT2D eigenvalue weighted by Gasteiger charge is 2.29. The molecule has 4 aromatic carbocycles. The SMILES string of the molecule is COc1ccc(N(CC(=O)N/N=C(/C)c2ccc(NC(=O)c3ccccc3)cc2)S(=O)(=O)c2ccccc2)c(OC)c1. The molecule has 0 aliphatic heterocycles. The van der Waals surface area contributed by atoms with Crippen molar-refractivity contribution < 1.29 is 27.5 Å². The summed E-state index contributed by atoms with van der Waals surface area (Å²) in [6.07, 6.45) is 0. The molecule has 0 heterocycles. The maximum absolute atomic E-state index is 13.6. The van der Waals surface area contributed by atoms with Crippen molar-refractivity contribution >= 4 is 38.9 Å². The van der Waals surface area contributed by atoms with E-state index >= 15 is 0 Å². The van der Waals surface area contributed by atoms with Gasteiger partial charge in [0, 0.05) is 17.3 Å². The van der Waals surface area contributed by atoms with Gasteiger partial charge in [0.15, 0.2) is 0 Å². The summed E-state index contributed by atoms with van der Waals surface area (Å²) >= 11 is 0. The first-order valence-electron chi connectivity index (χ1n) is 12.8. The maximum atomic E-state index is 13.6. The number of carbonyl (C=O) groups is 2. The molecule has 216 valence electrons. The van der Waals surface area contributed by atoms with Crippen LogP contribution in [-0.2, 0) is 14.8 Å². The van der Waals surface area contributed by atoms with Crippen LogP contribution in [-0.4, -0.2) is 46.7 Å². The average Bonchev–Trinajstić information content (AvgIpc) is 3.03. The molecule has 4 aromatic rings. The number of rotatable bonds is 11. The number of carbonyl (C=O) groups excluding carboxylic acids is 2. The van der Waals surface area contributed by atoms with Gasteiger partial charge in [0.2, 0.25) is 0 Å². The van der Waals surface area contributed by atoms with Crippen molar-refractivity contribution in [1.29, 1.82) is 0 Å². The van der Waals surface area contributed by atoms with Crippen LogP contribution >= 0.6 is 0 Å². The Balaban J connectivity index is 1.51. The van der Waals surface area contributed by atoms with E-state index in [1.165, 1.54) is 38.5 Å². The highest BCUT2D eigenvalue weighted by atomic mass is 32.2. The topological polar surface area (TPSA) is 126 Å². The Hall–Kier alpha value is -5.16. The van der Waals surface area contributed by atoms with Crippen LogP contribution in [0, 0.1) is 0 Å². The number of hydrogen-bond donors (Lipinski definition) is 2. The van der Waals surface area contributed by atoms with Crippen molar-refractivity contribution in [1.82, 2.24) is 5.43 Å². The van der Waals surface area contributed by atoms with Crippen LogP contribution in [0.1, 0.15) is 22.8 Å². The lowest BCUT2D eigenvalue weighted by molar-refractivity contribution is -0.119. The van der Waals surface area contributed by atoms with E-state index in [0.29, 0.717) is 28.3 Å². The number of hydrogen-bond acceptors (Lipinski definition) is 7. The van der Waals surface area contributed by atoms with E-state index in [1.807, 2.05) is 6.07 Å². The van der Waals surface area contributed by atoms with Gasteiger partial charge in [-0.1, -0.05) is 48.5 Å². The Labute approximate surface area is 244 Å². The van der Waals surface area contributed by atoms with Gasteiger partial charge >= 0.3 is 0 Å². The van der Waals surface area contributed by atoms with Crippen molar-refractivity contribution in [3.8, 4) is 11.5 Å². The van der Waals surface area contributed by atoms with Gasteiger partial charge in [-0.25, -0.2) is 13.8 Å². The predicted octanol–water partition coefficient (Wildman–Crippen LogP) is 4.69. The van der Waals surface area contributed by atoms with Crippen LogP contribution in [0.2, 0.25) is 0 Å². The van der Waals surface area contributed by atoms with Gasteiger partial charge in [-0.15, -0.1) is 0 Å². The van der Waals surface area contributed by atoms with Crippen molar-refractivity contribution in [2.45, 2.75) is 11.8 Å². The van der Waals surface area contributed by atoms with Crippen molar-refractivity contribution in [2.24, 2.45) is 5.10 Å². The number of hydrazone groups is 1. The molecule has 0 saturated heterocycles. The monoisotopic (exact) mass is 586 g/mol. The molecule has 42 heavy (non-hydrogen) atoms. The molecular weight excluding hydrogens is 556 g/mol. The number of amides is 2. The van der Waals surface area contributed by atoms with Gasteiger partial charge in [-0.05, 0) is 61.0 Å². The zero-order valence-electron chi connectivity index (χ0n) is 23.3. The highest BCUT2D eigenvalue weighted by molar-refractivity contribution is 7.92. The fourth-order valence-electron chi connectivity index (χ4n) is 3.97. The molecule has 0 aromatic heterocycles. The summed E-state index contributed by atoms with van der Waals surface area (Å²) in [7, 11) is -1.28. The number of ether oxygens (including phenoxy) is 2. The molecule has 0 spiro atoms. The van der Waals surface area contributed by atoms with Crippen LogP contribution in [0.5, 0.6) is 11.5 Å². The number of anilines is 2. The average molecular weight is 587 g/mol. The molecule has 0 bridgehead atoms. The van der Waals surface area contributed by atoms with E-state index in [1.54, 1.807) is 79.7 Å². The second-order valence-electron chi connectivity index (χ2n) is 8.99. The first kappa shape index (κ1) is 29.8. The van der Waals surface area contributed by atoms with Crippen LogP contribution in [0.4, 0.5) is 11.4 Å². The summed E-state index contributed by atoms with van der Waals surface area (Å²) in [5.41, 5.74) is 4.90. The van der Waals surface area contributed by atoms with Gasteiger partial charge in [0.1, 0.15) is 18.0 Å². The quantitative estimate of drug-likeness (QED) is 0.194. The summed E-state index contributed by atoms with van der Waals surface area (Å²) in [6, 6.07) is 28.2. The number of nitrogens with one attached hydrogen (secondary N) is 2. The summed E-state index contributed by atoms with van der Waals surface area (Å²) in [5.74, 6) is -0.230. The molecule has 0 fully saturated rings. The second kappa shape index (κ2) is 13.5. The Morgan fingerprint density at radius 1 is 0.810 bits per heavy atom. The summed E-state index contributed by atoms with van der Waals surface area (Å²) in [5, 5.41) is 6.99. The first-order valence-corrected chi connectivity index (χ1v) is 14.3. The van der Waals surface area contributed by atoms with E-state index in [-0.39, 0.29) is 22.2 Å². The van der Waals surface area contributed by atoms with E-state index in [0.717, 1.165) is 4.31 Å². The molecular formula is C31H30N4O6S. The molecule has 0 atom stereocenters. The lowest BCUT2D eigenvalue weighted by Crippen LogP contribution is -2.40. The molecule has 10 nitrogen and oxygen atoms in total. The van der Waals surface area contributed by atoms with E-state index in [2.05, 4.69) is 15.8 Å². The highest BCUT2D eigenvalue weighted by Crippen LogP contribution is 2.35. The maximum Gasteiger partial charge on any atom is 0.264 e. The third-order valence-electron chi connectivity index (χ3n) is 6.22. The Morgan fingerprint density at radius 2 is 1.45 bits per heavy atom. The zero-order valence-corrected chi connectivity index (χ0v) is 24.1. The van der Waals surface area contributed by atoms with Gasteiger partial charge in [0.05, 0.1) is 30.5 Å². The summed E-state index contributed by atoms with van der Waals surface area (Å²) in [6.45, 7) is 1.13. The van der Waals surface area contributed by atoms with Gasteiger partial charge in [-0.2, -0.15) is 5.10 Å². The molecule has 11 heteroatoms. The number of nitrogens with zero attached hydrogens (tertiary/aromatic N) is 2. The molecule has 0 aliphatic carbocycles. The number of benzene rings is 4. The van der Waals surface area contributed by atoms with Gasteiger partial charge in [-0.3, -0.25) is 13.9 Å². The minimum absolute atomic E-state index is 0.00907.